The topological polar surface area (TPSA) is 96.2 Å². The fourth-order valence-corrected chi connectivity index (χ4v) is 2.43. The van der Waals surface area contributed by atoms with Crippen LogP contribution in [0.15, 0.2) is 0 Å². The molecule has 2 aliphatic rings. The second-order valence-corrected chi connectivity index (χ2v) is 3.97. The minimum absolute atomic E-state index is 0.301. The van der Waals surface area contributed by atoms with Gasteiger partial charge in [-0.25, -0.2) is 0 Å². The van der Waals surface area contributed by atoms with Crippen LogP contribution in [0, 0.1) is 17.8 Å². The molecule has 0 radical (unpaired) electrons. The predicted octanol–water partition coefficient (Wildman–Crippen LogP) is -1.34. The number of aliphatic carboxylic acids is 1. The van der Waals surface area contributed by atoms with Crippen LogP contribution in [-0.2, 0) is 14.3 Å². The Morgan fingerprint density at radius 3 is 2.60 bits per heavy atom. The van der Waals surface area contributed by atoms with E-state index in [0.29, 0.717) is 0 Å². The molecule has 0 amide bonds. The Balaban J connectivity index is 2.13. The van der Waals surface area contributed by atoms with Gasteiger partial charge in [0.25, 0.3) is 0 Å². The van der Waals surface area contributed by atoms with Crippen molar-refractivity contribution in [1.82, 2.24) is 0 Å². The van der Waals surface area contributed by atoms with Crippen molar-refractivity contribution in [2.45, 2.75) is 18.5 Å². The molecule has 6 nitrogen and oxygen atoms in total. The molecular formula is C9H14O6. The van der Waals surface area contributed by atoms with Crippen molar-refractivity contribution in [3.05, 3.63) is 0 Å². The number of methoxy groups -OCH3 is 1. The fraction of sp³-hybridized carbons (Fsp3) is 0.889. The molecule has 0 aromatic carbocycles. The molecule has 2 fully saturated rings. The summed E-state index contributed by atoms with van der Waals surface area (Å²) >= 11 is 0. The van der Waals surface area contributed by atoms with E-state index in [0.717, 1.165) is 0 Å². The molecule has 86 valence electrons. The summed E-state index contributed by atoms with van der Waals surface area (Å²) in [6, 6.07) is 0. The number of rotatable bonds is 3. The maximum atomic E-state index is 10.8. The second-order valence-electron chi connectivity index (χ2n) is 3.97. The molecule has 15 heavy (non-hydrogen) atoms. The summed E-state index contributed by atoms with van der Waals surface area (Å²) in [5, 5.41) is 27.5. The third-order valence-electron chi connectivity index (χ3n) is 3.23. The molecule has 1 heterocycles. The number of hydrogen-bond donors (Lipinski definition) is 3. The summed E-state index contributed by atoms with van der Waals surface area (Å²) in [5.41, 5.74) is 0. The summed E-state index contributed by atoms with van der Waals surface area (Å²) in [6.07, 6.45) is -2.32. The van der Waals surface area contributed by atoms with Crippen LogP contribution in [-0.4, -0.2) is 53.5 Å². The lowest BCUT2D eigenvalue weighted by Crippen LogP contribution is -2.43. The number of aliphatic hydroxyl groups excluding tert-OH is 2. The van der Waals surface area contributed by atoms with Crippen molar-refractivity contribution in [2.75, 3.05) is 13.7 Å². The number of carbonyl (C=O) groups is 1. The minimum atomic E-state index is -0.951. The quantitative estimate of drug-likeness (QED) is 0.542. The largest absolute Gasteiger partial charge is 0.481 e. The maximum absolute atomic E-state index is 10.8. The van der Waals surface area contributed by atoms with Gasteiger partial charge in [-0.15, -0.1) is 0 Å². The Kier molecular flexibility index (Phi) is 2.68. The highest BCUT2D eigenvalue weighted by Gasteiger charge is 2.66. The zero-order valence-corrected chi connectivity index (χ0v) is 8.24. The van der Waals surface area contributed by atoms with Crippen LogP contribution < -0.4 is 0 Å². The van der Waals surface area contributed by atoms with Gasteiger partial charge in [-0.05, 0) is 0 Å². The van der Waals surface area contributed by atoms with Crippen LogP contribution >= 0.6 is 0 Å². The Labute approximate surface area is 86.4 Å². The zero-order valence-electron chi connectivity index (χ0n) is 8.24. The van der Waals surface area contributed by atoms with Crippen LogP contribution in [0.4, 0.5) is 0 Å². The van der Waals surface area contributed by atoms with E-state index >= 15 is 0 Å². The van der Waals surface area contributed by atoms with Gasteiger partial charge in [0.2, 0.25) is 0 Å². The molecule has 0 aromatic rings. The van der Waals surface area contributed by atoms with E-state index in [9.17, 15) is 9.90 Å². The molecule has 6 heteroatoms. The van der Waals surface area contributed by atoms with E-state index in [1.54, 1.807) is 0 Å². The van der Waals surface area contributed by atoms with Crippen molar-refractivity contribution in [2.24, 2.45) is 17.8 Å². The Morgan fingerprint density at radius 2 is 2.13 bits per heavy atom. The fourth-order valence-electron chi connectivity index (χ4n) is 2.43. The van der Waals surface area contributed by atoms with E-state index < -0.39 is 30.4 Å². The third-order valence-corrected chi connectivity index (χ3v) is 3.23. The summed E-state index contributed by atoms with van der Waals surface area (Å²) in [6.45, 7) is -0.337. The first-order valence-electron chi connectivity index (χ1n) is 4.81. The third kappa shape index (κ3) is 1.53. The van der Waals surface area contributed by atoms with Crippen molar-refractivity contribution in [3.63, 3.8) is 0 Å². The molecule has 1 aliphatic heterocycles. The van der Waals surface area contributed by atoms with E-state index in [1.807, 2.05) is 0 Å². The highest BCUT2D eigenvalue weighted by molar-refractivity contribution is 5.74. The predicted molar refractivity (Wildman–Crippen MR) is 46.9 cm³/mol. The number of fused-ring (bicyclic) bond motifs is 1. The number of ether oxygens (including phenoxy) is 2. The molecule has 0 aromatic heterocycles. The maximum Gasteiger partial charge on any atom is 0.307 e. The number of carboxylic acids is 1. The van der Waals surface area contributed by atoms with Crippen molar-refractivity contribution >= 4 is 5.97 Å². The van der Waals surface area contributed by atoms with Crippen LogP contribution in [0.2, 0.25) is 0 Å². The Bertz CT molecular complexity index is 267. The van der Waals surface area contributed by atoms with Gasteiger partial charge in [-0.3, -0.25) is 4.79 Å². The van der Waals surface area contributed by atoms with Gasteiger partial charge in [0.15, 0.2) is 6.29 Å². The van der Waals surface area contributed by atoms with Gasteiger partial charge in [0.05, 0.1) is 18.6 Å². The lowest BCUT2D eigenvalue weighted by molar-refractivity contribution is -0.225. The number of carboxylic acid groups (broad SMARTS) is 1. The lowest BCUT2D eigenvalue weighted by atomic mass is 10.0. The number of hydrogen-bond acceptors (Lipinski definition) is 5. The van der Waals surface area contributed by atoms with Crippen LogP contribution in [0.1, 0.15) is 0 Å². The van der Waals surface area contributed by atoms with Gasteiger partial charge in [-0.2, -0.15) is 0 Å². The molecule has 0 spiro atoms. The van der Waals surface area contributed by atoms with E-state index in [1.165, 1.54) is 7.11 Å². The SMILES string of the molecule is CO[C@H]1O[C@H](CO)[C@@H](O)[C@@H]2[C@H](C(=O)O)[C@H]12. The summed E-state index contributed by atoms with van der Waals surface area (Å²) in [4.78, 5) is 10.8. The minimum Gasteiger partial charge on any atom is -0.481 e. The Morgan fingerprint density at radius 1 is 1.47 bits per heavy atom. The van der Waals surface area contributed by atoms with Crippen LogP contribution in [0.3, 0.4) is 0 Å². The first-order valence-corrected chi connectivity index (χ1v) is 4.81. The van der Waals surface area contributed by atoms with Crippen molar-refractivity contribution in [1.29, 1.82) is 0 Å². The van der Waals surface area contributed by atoms with Crippen LogP contribution in [0.25, 0.3) is 0 Å². The van der Waals surface area contributed by atoms with Crippen molar-refractivity contribution in [3.8, 4) is 0 Å². The van der Waals surface area contributed by atoms with Crippen LogP contribution in [0.5, 0.6) is 0 Å². The smallest absolute Gasteiger partial charge is 0.307 e. The molecular weight excluding hydrogens is 204 g/mol. The highest BCUT2D eigenvalue weighted by Crippen LogP contribution is 2.55. The van der Waals surface area contributed by atoms with E-state index in [-0.39, 0.29) is 18.4 Å². The number of aliphatic hydroxyl groups is 2. The molecule has 1 saturated carbocycles. The zero-order chi connectivity index (χ0) is 11.2. The summed E-state index contributed by atoms with van der Waals surface area (Å²) in [5.74, 6) is -2.24. The Hall–Kier alpha value is -0.690. The molecule has 0 bridgehead atoms. The van der Waals surface area contributed by atoms with Gasteiger partial charge in [0, 0.05) is 18.9 Å². The highest BCUT2D eigenvalue weighted by atomic mass is 16.7. The molecule has 6 atom stereocenters. The molecule has 0 unspecified atom stereocenters. The molecule has 1 saturated heterocycles. The normalized spacial score (nSPS) is 48.5. The first-order chi connectivity index (χ1) is 7.11. The average molecular weight is 218 g/mol. The van der Waals surface area contributed by atoms with Gasteiger partial charge in [0.1, 0.15) is 6.10 Å². The average Bonchev–Trinajstić information content (AvgIpc) is 2.94. The standard InChI is InChI=1S/C9H14O6/c1-14-9-6-4(5(6)8(12)13)7(11)3(2-10)15-9/h3-7,9-11H,2H2,1H3,(H,12,13)/t3-,4-,5+,6-,7-,9+/m1/s1. The summed E-state index contributed by atoms with van der Waals surface area (Å²) < 4.78 is 10.2. The monoisotopic (exact) mass is 218 g/mol. The lowest BCUT2D eigenvalue weighted by Gasteiger charge is -2.31. The summed E-state index contributed by atoms with van der Waals surface area (Å²) in [7, 11) is 1.42. The van der Waals surface area contributed by atoms with E-state index in [4.69, 9.17) is 19.7 Å². The molecule has 1 aliphatic carbocycles. The first kappa shape index (κ1) is 10.8. The van der Waals surface area contributed by atoms with Gasteiger partial charge >= 0.3 is 5.97 Å². The van der Waals surface area contributed by atoms with Gasteiger partial charge in [-0.1, -0.05) is 0 Å². The van der Waals surface area contributed by atoms with E-state index in [2.05, 4.69) is 0 Å². The second kappa shape index (κ2) is 3.71. The van der Waals surface area contributed by atoms with Crippen molar-refractivity contribution < 1.29 is 29.6 Å². The molecule has 2 rings (SSSR count). The van der Waals surface area contributed by atoms with Gasteiger partial charge < -0.3 is 24.8 Å². The molecule has 3 N–H and O–H groups in total.